The number of halogens is 1. The predicted octanol–water partition coefficient (Wildman–Crippen LogP) is 5.25. The van der Waals surface area contributed by atoms with Crippen molar-refractivity contribution in [3.05, 3.63) is 102 Å². The van der Waals surface area contributed by atoms with E-state index in [0.717, 1.165) is 5.69 Å². The second-order valence-corrected chi connectivity index (χ2v) is 6.52. The summed E-state index contributed by atoms with van der Waals surface area (Å²) in [6, 6.07) is 21.5. The Morgan fingerprint density at radius 2 is 1.59 bits per heavy atom. The Hall–Kier alpha value is -3.77. The number of pyridine rings is 1. The second-order valence-electron chi connectivity index (χ2n) is 6.08. The van der Waals surface area contributed by atoms with Crippen LogP contribution in [0.2, 0.25) is 5.02 Å². The highest BCUT2D eigenvalue weighted by atomic mass is 35.5. The Balaban J connectivity index is 1.66. The molecule has 4 aromatic rings. The molecule has 0 radical (unpaired) electrons. The summed E-state index contributed by atoms with van der Waals surface area (Å²) in [6.07, 6.45) is 5.05. The number of amides is 1. The molecule has 6 nitrogen and oxygen atoms in total. The van der Waals surface area contributed by atoms with Gasteiger partial charge in [0, 0.05) is 34.9 Å². The van der Waals surface area contributed by atoms with Crippen LogP contribution in [0.4, 0.5) is 23.1 Å². The first kappa shape index (κ1) is 18.6. The molecule has 4 rings (SSSR count). The molecule has 0 fully saturated rings. The number of nitrogens with zero attached hydrogens (tertiary/aromatic N) is 4. The number of rotatable bonds is 5. The van der Waals surface area contributed by atoms with Crippen molar-refractivity contribution in [1.29, 1.82) is 0 Å². The number of anilines is 4. The summed E-state index contributed by atoms with van der Waals surface area (Å²) in [5, 5.41) is 3.49. The SMILES string of the molecule is O=C(Nc1cccc(N(c2ccccn2)c2ncccn2)c1)c1ccc(Cl)cc1. The average Bonchev–Trinajstić information content (AvgIpc) is 2.76. The highest BCUT2D eigenvalue weighted by molar-refractivity contribution is 6.30. The largest absolute Gasteiger partial charge is 0.322 e. The number of hydrogen-bond donors (Lipinski definition) is 1. The van der Waals surface area contributed by atoms with Crippen molar-refractivity contribution in [1.82, 2.24) is 15.0 Å². The van der Waals surface area contributed by atoms with Crippen LogP contribution >= 0.6 is 11.6 Å². The molecular weight excluding hydrogens is 386 g/mol. The van der Waals surface area contributed by atoms with Gasteiger partial charge in [-0.05, 0) is 60.7 Å². The van der Waals surface area contributed by atoms with Crippen molar-refractivity contribution in [2.45, 2.75) is 0 Å². The second kappa shape index (κ2) is 8.50. The van der Waals surface area contributed by atoms with Crippen molar-refractivity contribution >= 4 is 40.6 Å². The maximum atomic E-state index is 12.5. The van der Waals surface area contributed by atoms with Crippen LogP contribution in [0.3, 0.4) is 0 Å². The van der Waals surface area contributed by atoms with E-state index in [9.17, 15) is 4.79 Å². The molecule has 2 heterocycles. The first-order chi connectivity index (χ1) is 14.2. The monoisotopic (exact) mass is 401 g/mol. The molecule has 2 aromatic heterocycles. The number of carbonyl (C=O) groups excluding carboxylic acids is 1. The summed E-state index contributed by atoms with van der Waals surface area (Å²) < 4.78 is 0. The molecule has 0 atom stereocenters. The predicted molar refractivity (Wildman–Crippen MR) is 114 cm³/mol. The maximum Gasteiger partial charge on any atom is 0.255 e. The molecule has 2 aromatic carbocycles. The molecular formula is C22H16ClN5O. The Labute approximate surface area is 172 Å². The summed E-state index contributed by atoms with van der Waals surface area (Å²) in [5.74, 6) is 0.923. The Kier molecular flexibility index (Phi) is 5.45. The van der Waals surface area contributed by atoms with Crippen LogP contribution in [-0.2, 0) is 0 Å². The average molecular weight is 402 g/mol. The Morgan fingerprint density at radius 1 is 0.828 bits per heavy atom. The lowest BCUT2D eigenvalue weighted by Crippen LogP contribution is -2.15. The van der Waals surface area contributed by atoms with E-state index in [0.29, 0.717) is 28.0 Å². The normalized spacial score (nSPS) is 10.4. The zero-order valence-electron chi connectivity index (χ0n) is 15.2. The maximum absolute atomic E-state index is 12.5. The molecule has 29 heavy (non-hydrogen) atoms. The van der Waals surface area contributed by atoms with Crippen molar-refractivity contribution in [3.63, 3.8) is 0 Å². The summed E-state index contributed by atoms with van der Waals surface area (Å²) in [6.45, 7) is 0. The van der Waals surface area contributed by atoms with Gasteiger partial charge < -0.3 is 5.32 Å². The van der Waals surface area contributed by atoms with E-state index in [1.54, 1.807) is 48.9 Å². The van der Waals surface area contributed by atoms with E-state index >= 15 is 0 Å². The molecule has 0 aliphatic carbocycles. The van der Waals surface area contributed by atoms with Crippen LogP contribution in [-0.4, -0.2) is 20.9 Å². The van der Waals surface area contributed by atoms with Crippen LogP contribution in [0.5, 0.6) is 0 Å². The Bertz CT molecular complexity index is 1070. The van der Waals surface area contributed by atoms with Crippen molar-refractivity contribution in [2.75, 3.05) is 10.2 Å². The summed E-state index contributed by atoms with van der Waals surface area (Å²) in [4.78, 5) is 27.5. The van der Waals surface area contributed by atoms with Gasteiger partial charge in [0.2, 0.25) is 5.95 Å². The van der Waals surface area contributed by atoms with Gasteiger partial charge in [-0.2, -0.15) is 0 Å². The quantitative estimate of drug-likeness (QED) is 0.494. The molecule has 0 unspecified atom stereocenters. The van der Waals surface area contributed by atoms with E-state index in [1.807, 2.05) is 47.4 Å². The zero-order valence-corrected chi connectivity index (χ0v) is 16.0. The van der Waals surface area contributed by atoms with E-state index in [4.69, 9.17) is 11.6 Å². The van der Waals surface area contributed by atoms with Gasteiger partial charge in [-0.25, -0.2) is 15.0 Å². The molecule has 0 spiro atoms. The van der Waals surface area contributed by atoms with Gasteiger partial charge in [-0.3, -0.25) is 9.69 Å². The number of benzene rings is 2. The first-order valence-electron chi connectivity index (χ1n) is 8.86. The fourth-order valence-electron chi connectivity index (χ4n) is 2.77. The summed E-state index contributed by atoms with van der Waals surface area (Å²) in [7, 11) is 0. The van der Waals surface area contributed by atoms with E-state index in [1.165, 1.54) is 0 Å². The van der Waals surface area contributed by atoms with Crippen molar-refractivity contribution < 1.29 is 4.79 Å². The molecule has 0 bridgehead atoms. The van der Waals surface area contributed by atoms with E-state index in [-0.39, 0.29) is 5.91 Å². The summed E-state index contributed by atoms with van der Waals surface area (Å²) >= 11 is 5.89. The number of hydrogen-bond acceptors (Lipinski definition) is 5. The fourth-order valence-corrected chi connectivity index (χ4v) is 2.90. The van der Waals surface area contributed by atoms with Crippen LogP contribution in [0, 0.1) is 0 Å². The number of aromatic nitrogens is 3. The molecule has 7 heteroatoms. The third-order valence-corrected chi connectivity index (χ3v) is 4.35. The van der Waals surface area contributed by atoms with Crippen molar-refractivity contribution in [3.8, 4) is 0 Å². The highest BCUT2D eigenvalue weighted by Crippen LogP contribution is 2.31. The van der Waals surface area contributed by atoms with Gasteiger partial charge >= 0.3 is 0 Å². The highest BCUT2D eigenvalue weighted by Gasteiger charge is 2.16. The standard InChI is InChI=1S/C22H16ClN5O/c23-17-10-8-16(9-11-17)21(29)27-18-5-3-6-19(15-18)28(20-7-1-2-12-24-20)22-25-13-4-14-26-22/h1-15H,(H,27,29). The lowest BCUT2D eigenvalue weighted by Gasteiger charge is -2.22. The molecule has 1 amide bonds. The topological polar surface area (TPSA) is 71.0 Å². The minimum atomic E-state index is -0.223. The minimum Gasteiger partial charge on any atom is -0.322 e. The minimum absolute atomic E-state index is 0.223. The first-order valence-corrected chi connectivity index (χ1v) is 9.24. The van der Waals surface area contributed by atoms with E-state index < -0.39 is 0 Å². The molecule has 142 valence electrons. The third-order valence-electron chi connectivity index (χ3n) is 4.10. The molecule has 0 aliphatic rings. The zero-order chi connectivity index (χ0) is 20.1. The number of carbonyl (C=O) groups is 1. The van der Waals surface area contributed by atoms with Gasteiger partial charge in [-0.1, -0.05) is 23.7 Å². The molecule has 1 N–H and O–H groups in total. The third kappa shape index (κ3) is 4.39. The Morgan fingerprint density at radius 3 is 2.31 bits per heavy atom. The van der Waals surface area contributed by atoms with Gasteiger partial charge in [0.1, 0.15) is 5.82 Å². The number of nitrogens with one attached hydrogen (secondary N) is 1. The lowest BCUT2D eigenvalue weighted by atomic mass is 10.2. The smallest absolute Gasteiger partial charge is 0.255 e. The van der Waals surface area contributed by atoms with Gasteiger partial charge in [-0.15, -0.1) is 0 Å². The van der Waals surface area contributed by atoms with Crippen molar-refractivity contribution in [2.24, 2.45) is 0 Å². The van der Waals surface area contributed by atoms with Gasteiger partial charge in [0.25, 0.3) is 5.91 Å². The molecule has 0 aliphatic heterocycles. The van der Waals surface area contributed by atoms with Crippen LogP contribution in [0.25, 0.3) is 0 Å². The van der Waals surface area contributed by atoms with E-state index in [2.05, 4.69) is 20.3 Å². The molecule has 0 saturated carbocycles. The fraction of sp³-hybridized carbons (Fsp3) is 0. The van der Waals surface area contributed by atoms with Gasteiger partial charge in [0.15, 0.2) is 0 Å². The van der Waals surface area contributed by atoms with Gasteiger partial charge in [0.05, 0.1) is 5.69 Å². The van der Waals surface area contributed by atoms with Crippen LogP contribution in [0.1, 0.15) is 10.4 Å². The lowest BCUT2D eigenvalue weighted by molar-refractivity contribution is 0.102. The van der Waals surface area contributed by atoms with Crippen LogP contribution in [0.15, 0.2) is 91.4 Å². The summed E-state index contributed by atoms with van der Waals surface area (Å²) in [5.41, 5.74) is 1.93. The van der Waals surface area contributed by atoms with Crippen LogP contribution < -0.4 is 10.2 Å². The molecule has 0 saturated heterocycles.